The van der Waals surface area contributed by atoms with Gasteiger partial charge in [0, 0.05) is 0 Å². The zero-order chi connectivity index (χ0) is 10.3. The lowest BCUT2D eigenvalue weighted by Crippen LogP contribution is -1.84. The lowest BCUT2D eigenvalue weighted by Gasteiger charge is -2.07. The van der Waals surface area contributed by atoms with E-state index in [0.717, 1.165) is 10.9 Å². The van der Waals surface area contributed by atoms with E-state index in [-0.39, 0.29) is 0 Å². The molecule has 2 aromatic carbocycles. The first-order valence-corrected chi connectivity index (χ1v) is 4.78. The minimum absolute atomic E-state index is 0.346. The normalized spacial score (nSPS) is 10.8. The molecular weight excluding hydrogens is 172 g/mol. The van der Waals surface area contributed by atoms with E-state index < -0.39 is 0 Å². The first-order chi connectivity index (χ1) is 6.58. The fraction of sp³-hybridized carbons (Fsp3) is 0.231. The van der Waals surface area contributed by atoms with E-state index in [1.165, 1.54) is 16.5 Å². The molecule has 0 aromatic heterocycles. The third kappa shape index (κ3) is 1.35. The molecule has 0 fully saturated rings. The summed E-state index contributed by atoms with van der Waals surface area (Å²) in [4.78, 5) is 0. The summed E-state index contributed by atoms with van der Waals surface area (Å²) in [6, 6.07) is 7.92. The lowest BCUT2D eigenvalue weighted by molar-refractivity contribution is 0.476. The smallest absolute Gasteiger partial charge is 0.116 e. The average Bonchev–Trinajstić information content (AvgIpc) is 2.08. The third-order valence-electron chi connectivity index (χ3n) is 2.76. The van der Waals surface area contributed by atoms with Crippen LogP contribution >= 0.6 is 0 Å². The highest BCUT2D eigenvalue weighted by Crippen LogP contribution is 2.26. The molecule has 72 valence electrons. The van der Waals surface area contributed by atoms with Gasteiger partial charge in [0.15, 0.2) is 0 Å². The van der Waals surface area contributed by atoms with Gasteiger partial charge in [-0.2, -0.15) is 0 Å². The van der Waals surface area contributed by atoms with Crippen LogP contribution in [-0.4, -0.2) is 5.11 Å². The summed E-state index contributed by atoms with van der Waals surface area (Å²) in [5.41, 5.74) is 3.69. The number of phenols is 1. The third-order valence-corrected chi connectivity index (χ3v) is 2.76. The van der Waals surface area contributed by atoms with Gasteiger partial charge in [-0.1, -0.05) is 12.1 Å². The molecule has 0 aliphatic heterocycles. The van der Waals surface area contributed by atoms with E-state index in [1.54, 1.807) is 6.07 Å². The molecule has 0 saturated carbocycles. The molecule has 0 aliphatic carbocycles. The molecule has 0 atom stereocenters. The van der Waals surface area contributed by atoms with Crippen molar-refractivity contribution in [2.24, 2.45) is 0 Å². The van der Waals surface area contributed by atoms with E-state index in [4.69, 9.17) is 0 Å². The van der Waals surface area contributed by atoms with Crippen LogP contribution in [0.4, 0.5) is 0 Å². The van der Waals surface area contributed by atoms with Crippen LogP contribution in [-0.2, 0) is 0 Å². The van der Waals surface area contributed by atoms with Crippen LogP contribution < -0.4 is 0 Å². The summed E-state index contributed by atoms with van der Waals surface area (Å²) < 4.78 is 0. The fourth-order valence-corrected chi connectivity index (χ4v) is 1.80. The van der Waals surface area contributed by atoms with E-state index in [1.807, 2.05) is 13.0 Å². The van der Waals surface area contributed by atoms with Crippen molar-refractivity contribution in [3.05, 3.63) is 41.0 Å². The molecule has 0 heterocycles. The number of aromatic hydroxyl groups is 1. The fourth-order valence-electron chi connectivity index (χ4n) is 1.80. The first-order valence-electron chi connectivity index (χ1n) is 4.78. The van der Waals surface area contributed by atoms with E-state index in [0.29, 0.717) is 5.75 Å². The summed E-state index contributed by atoms with van der Waals surface area (Å²) >= 11 is 0. The second-order valence-electron chi connectivity index (χ2n) is 3.92. The van der Waals surface area contributed by atoms with Crippen molar-refractivity contribution in [1.29, 1.82) is 0 Å². The molecule has 0 saturated heterocycles. The quantitative estimate of drug-likeness (QED) is 0.668. The molecule has 0 amide bonds. The number of aryl methyl sites for hydroxylation is 3. The maximum absolute atomic E-state index is 9.47. The molecule has 2 rings (SSSR count). The van der Waals surface area contributed by atoms with Crippen molar-refractivity contribution in [1.82, 2.24) is 0 Å². The molecule has 0 bridgehead atoms. The highest BCUT2D eigenvalue weighted by molar-refractivity contribution is 5.88. The second-order valence-corrected chi connectivity index (χ2v) is 3.92. The number of phenolic OH excluding ortho intramolecular Hbond substituents is 1. The van der Waals surface area contributed by atoms with Crippen molar-refractivity contribution >= 4 is 10.8 Å². The molecule has 14 heavy (non-hydrogen) atoms. The Labute approximate surface area is 84.0 Å². The van der Waals surface area contributed by atoms with E-state index in [9.17, 15) is 5.11 Å². The molecule has 0 spiro atoms. The van der Waals surface area contributed by atoms with Crippen LogP contribution in [0.5, 0.6) is 5.75 Å². The Morgan fingerprint density at radius 1 is 0.786 bits per heavy atom. The predicted octanol–water partition coefficient (Wildman–Crippen LogP) is 3.47. The zero-order valence-corrected chi connectivity index (χ0v) is 8.76. The summed E-state index contributed by atoms with van der Waals surface area (Å²) in [6.45, 7) is 6.23. The van der Waals surface area contributed by atoms with Gasteiger partial charge in [0.1, 0.15) is 5.75 Å². The molecule has 1 nitrogen and oxygen atoms in total. The minimum Gasteiger partial charge on any atom is -0.508 e. The first kappa shape index (κ1) is 9.07. The average molecular weight is 186 g/mol. The summed E-state index contributed by atoms with van der Waals surface area (Å²) in [6.07, 6.45) is 0. The predicted molar refractivity (Wildman–Crippen MR) is 59.8 cm³/mol. The standard InChI is InChI=1S/C13H14O/c1-8-4-11-7-12(14)5-10(3)13(11)6-9(8)2/h4-7,14H,1-3H3. The van der Waals surface area contributed by atoms with Gasteiger partial charge in [-0.15, -0.1) is 0 Å². The van der Waals surface area contributed by atoms with Crippen molar-refractivity contribution in [2.45, 2.75) is 20.8 Å². The van der Waals surface area contributed by atoms with Crippen molar-refractivity contribution in [2.75, 3.05) is 0 Å². The Morgan fingerprint density at radius 2 is 1.43 bits per heavy atom. The Bertz CT molecular complexity index is 498. The highest BCUT2D eigenvalue weighted by Gasteiger charge is 2.02. The number of benzene rings is 2. The Morgan fingerprint density at radius 3 is 2.14 bits per heavy atom. The number of hydrogen-bond acceptors (Lipinski definition) is 1. The van der Waals surface area contributed by atoms with E-state index in [2.05, 4.69) is 26.0 Å². The van der Waals surface area contributed by atoms with Crippen LogP contribution in [0.1, 0.15) is 16.7 Å². The van der Waals surface area contributed by atoms with Gasteiger partial charge < -0.3 is 5.11 Å². The zero-order valence-electron chi connectivity index (χ0n) is 8.76. The molecular formula is C13H14O. The Balaban J connectivity index is 2.89. The van der Waals surface area contributed by atoms with Crippen LogP contribution in [0, 0.1) is 20.8 Å². The molecule has 1 heteroatoms. The maximum Gasteiger partial charge on any atom is 0.116 e. The maximum atomic E-state index is 9.47. The number of fused-ring (bicyclic) bond motifs is 1. The summed E-state index contributed by atoms with van der Waals surface area (Å²) in [5, 5.41) is 11.8. The summed E-state index contributed by atoms with van der Waals surface area (Å²) in [7, 11) is 0. The van der Waals surface area contributed by atoms with Gasteiger partial charge in [0.25, 0.3) is 0 Å². The Kier molecular flexibility index (Phi) is 1.95. The Hall–Kier alpha value is -1.50. The second kappa shape index (κ2) is 3.02. The summed E-state index contributed by atoms with van der Waals surface area (Å²) in [5.74, 6) is 0.346. The van der Waals surface area contributed by atoms with Gasteiger partial charge in [-0.3, -0.25) is 0 Å². The van der Waals surface area contributed by atoms with Gasteiger partial charge in [-0.05, 0) is 60.4 Å². The number of rotatable bonds is 0. The van der Waals surface area contributed by atoms with E-state index >= 15 is 0 Å². The largest absolute Gasteiger partial charge is 0.508 e. The molecule has 0 unspecified atom stereocenters. The monoisotopic (exact) mass is 186 g/mol. The number of hydrogen-bond donors (Lipinski definition) is 1. The lowest BCUT2D eigenvalue weighted by atomic mass is 9.99. The topological polar surface area (TPSA) is 20.2 Å². The van der Waals surface area contributed by atoms with Gasteiger partial charge in [0.05, 0.1) is 0 Å². The van der Waals surface area contributed by atoms with Gasteiger partial charge >= 0.3 is 0 Å². The SMILES string of the molecule is Cc1cc2cc(O)cc(C)c2cc1C. The van der Waals surface area contributed by atoms with Crippen LogP contribution in [0.3, 0.4) is 0 Å². The van der Waals surface area contributed by atoms with Crippen molar-refractivity contribution in [3.63, 3.8) is 0 Å². The van der Waals surface area contributed by atoms with Crippen molar-refractivity contribution in [3.8, 4) is 5.75 Å². The molecule has 2 aromatic rings. The van der Waals surface area contributed by atoms with Crippen LogP contribution in [0.2, 0.25) is 0 Å². The molecule has 1 N–H and O–H groups in total. The molecule has 0 radical (unpaired) electrons. The van der Waals surface area contributed by atoms with Gasteiger partial charge in [-0.25, -0.2) is 0 Å². The van der Waals surface area contributed by atoms with Crippen LogP contribution in [0.15, 0.2) is 24.3 Å². The van der Waals surface area contributed by atoms with Crippen LogP contribution in [0.25, 0.3) is 10.8 Å². The molecule has 0 aliphatic rings. The van der Waals surface area contributed by atoms with Gasteiger partial charge in [0.2, 0.25) is 0 Å². The minimum atomic E-state index is 0.346. The highest BCUT2D eigenvalue weighted by atomic mass is 16.3. The van der Waals surface area contributed by atoms with Crippen molar-refractivity contribution < 1.29 is 5.11 Å².